The molecule has 2 unspecified atom stereocenters. The Hall–Kier alpha value is -0.170. The zero-order valence-electron chi connectivity index (χ0n) is 11.1. The van der Waals surface area contributed by atoms with Crippen LogP contribution in [0.4, 0.5) is 0 Å². The number of hydrogen-bond donors (Lipinski definition) is 1. The van der Waals surface area contributed by atoms with Crippen LogP contribution in [0, 0.1) is 5.92 Å². The van der Waals surface area contributed by atoms with E-state index in [9.17, 15) is 8.42 Å². The Labute approximate surface area is 110 Å². The van der Waals surface area contributed by atoms with Crippen LogP contribution in [0.15, 0.2) is 0 Å². The highest BCUT2D eigenvalue weighted by Gasteiger charge is 2.33. The van der Waals surface area contributed by atoms with Crippen molar-refractivity contribution in [1.29, 1.82) is 0 Å². The number of sulfonamides is 1. The third kappa shape index (κ3) is 3.44. The maximum Gasteiger partial charge on any atom is 0.214 e. The summed E-state index contributed by atoms with van der Waals surface area (Å²) < 4.78 is 32.0. The third-order valence-corrected chi connectivity index (χ3v) is 5.94. The Morgan fingerprint density at radius 2 is 2.28 bits per heavy atom. The van der Waals surface area contributed by atoms with Crippen molar-refractivity contribution in [1.82, 2.24) is 9.62 Å². The van der Waals surface area contributed by atoms with Gasteiger partial charge in [0, 0.05) is 12.6 Å². The molecule has 2 saturated heterocycles. The lowest BCUT2D eigenvalue weighted by molar-refractivity contribution is 0.0312. The molecule has 2 aliphatic rings. The fraction of sp³-hybridized carbons (Fsp3) is 1.00. The molecule has 0 saturated carbocycles. The molecule has 0 aliphatic carbocycles. The molecule has 106 valence electrons. The SMILES string of the molecule is CCC1COCCN1S(=O)(=O)CC1CCCNC1. The number of piperidine rings is 1. The molecular weight excluding hydrogens is 252 g/mol. The molecular formula is C12H24N2O3S. The van der Waals surface area contributed by atoms with E-state index in [4.69, 9.17) is 4.74 Å². The minimum absolute atomic E-state index is 0.0281. The topological polar surface area (TPSA) is 58.6 Å². The Morgan fingerprint density at radius 3 is 2.94 bits per heavy atom. The Kier molecular flexibility index (Phi) is 5.00. The third-order valence-electron chi connectivity index (χ3n) is 3.85. The molecule has 2 rings (SSSR count). The van der Waals surface area contributed by atoms with Gasteiger partial charge in [-0.3, -0.25) is 0 Å². The van der Waals surface area contributed by atoms with Crippen LogP contribution in [0.25, 0.3) is 0 Å². The van der Waals surface area contributed by atoms with Crippen LogP contribution in [-0.2, 0) is 14.8 Å². The maximum absolute atomic E-state index is 12.5. The summed E-state index contributed by atoms with van der Waals surface area (Å²) in [6.45, 7) is 5.45. The summed E-state index contributed by atoms with van der Waals surface area (Å²) in [6, 6.07) is 0.0281. The van der Waals surface area contributed by atoms with Gasteiger partial charge >= 0.3 is 0 Å². The lowest BCUT2D eigenvalue weighted by atomic mass is 10.0. The first-order chi connectivity index (χ1) is 8.63. The second-order valence-electron chi connectivity index (χ2n) is 5.24. The van der Waals surface area contributed by atoms with Gasteiger partial charge in [0.2, 0.25) is 10.0 Å². The molecule has 0 amide bonds. The highest BCUT2D eigenvalue weighted by molar-refractivity contribution is 7.89. The number of nitrogens with one attached hydrogen (secondary N) is 1. The standard InChI is InChI=1S/C12H24N2O3S/c1-2-12-9-17-7-6-14(12)18(15,16)10-11-4-3-5-13-8-11/h11-13H,2-10H2,1H3. The van der Waals surface area contributed by atoms with Crippen LogP contribution >= 0.6 is 0 Å². The molecule has 18 heavy (non-hydrogen) atoms. The van der Waals surface area contributed by atoms with E-state index in [1.807, 2.05) is 6.92 Å². The monoisotopic (exact) mass is 276 g/mol. The molecule has 0 radical (unpaired) electrons. The summed E-state index contributed by atoms with van der Waals surface area (Å²) in [5.41, 5.74) is 0. The molecule has 5 nitrogen and oxygen atoms in total. The van der Waals surface area contributed by atoms with Gasteiger partial charge in [-0.05, 0) is 38.3 Å². The smallest absolute Gasteiger partial charge is 0.214 e. The van der Waals surface area contributed by atoms with Gasteiger partial charge in [0.25, 0.3) is 0 Å². The van der Waals surface area contributed by atoms with Crippen molar-refractivity contribution in [3.63, 3.8) is 0 Å². The van der Waals surface area contributed by atoms with Crippen LogP contribution in [0.1, 0.15) is 26.2 Å². The lowest BCUT2D eigenvalue weighted by Crippen LogP contribution is -2.50. The Bertz CT molecular complexity index is 352. The van der Waals surface area contributed by atoms with Crippen LogP contribution in [0.2, 0.25) is 0 Å². The summed E-state index contributed by atoms with van der Waals surface area (Å²) in [4.78, 5) is 0. The molecule has 2 atom stereocenters. The van der Waals surface area contributed by atoms with Gasteiger partial charge in [0.1, 0.15) is 0 Å². The molecule has 2 heterocycles. The van der Waals surface area contributed by atoms with Gasteiger partial charge in [0.15, 0.2) is 0 Å². The fourth-order valence-corrected chi connectivity index (χ4v) is 4.88. The summed E-state index contributed by atoms with van der Waals surface area (Å²) in [6.07, 6.45) is 2.93. The molecule has 0 bridgehead atoms. The van der Waals surface area contributed by atoms with Gasteiger partial charge in [-0.1, -0.05) is 6.92 Å². The minimum Gasteiger partial charge on any atom is -0.378 e. The molecule has 1 N–H and O–H groups in total. The van der Waals surface area contributed by atoms with Crippen molar-refractivity contribution in [2.24, 2.45) is 5.92 Å². The molecule has 2 aliphatic heterocycles. The largest absolute Gasteiger partial charge is 0.378 e. The van der Waals surface area contributed by atoms with Crippen molar-refractivity contribution in [2.75, 3.05) is 38.6 Å². The average molecular weight is 276 g/mol. The number of ether oxygens (including phenoxy) is 1. The van der Waals surface area contributed by atoms with Crippen molar-refractivity contribution in [2.45, 2.75) is 32.2 Å². The van der Waals surface area contributed by atoms with Crippen LogP contribution in [0.3, 0.4) is 0 Å². The zero-order chi connectivity index (χ0) is 13.0. The quantitative estimate of drug-likeness (QED) is 0.809. The lowest BCUT2D eigenvalue weighted by Gasteiger charge is -2.35. The highest BCUT2D eigenvalue weighted by Crippen LogP contribution is 2.20. The first-order valence-electron chi connectivity index (χ1n) is 6.91. The molecule has 0 spiro atoms. The molecule has 0 aromatic carbocycles. The van der Waals surface area contributed by atoms with E-state index < -0.39 is 10.0 Å². The second kappa shape index (κ2) is 6.32. The Balaban J connectivity index is 1.99. The van der Waals surface area contributed by atoms with Crippen LogP contribution < -0.4 is 5.32 Å². The first kappa shape index (κ1) is 14.2. The summed E-state index contributed by atoms with van der Waals surface area (Å²) in [5.74, 6) is 0.556. The number of nitrogens with zero attached hydrogens (tertiary/aromatic N) is 1. The van der Waals surface area contributed by atoms with E-state index in [0.717, 1.165) is 32.4 Å². The normalized spacial score (nSPS) is 31.4. The second-order valence-corrected chi connectivity index (χ2v) is 7.20. The predicted octanol–water partition coefficient (Wildman–Crippen LogP) is 0.427. The fourth-order valence-electron chi connectivity index (χ4n) is 2.79. The summed E-state index contributed by atoms with van der Waals surface area (Å²) in [7, 11) is -3.13. The van der Waals surface area contributed by atoms with E-state index in [0.29, 0.717) is 19.8 Å². The highest BCUT2D eigenvalue weighted by atomic mass is 32.2. The van der Waals surface area contributed by atoms with Crippen LogP contribution in [-0.4, -0.2) is 57.4 Å². The van der Waals surface area contributed by atoms with Gasteiger partial charge < -0.3 is 10.1 Å². The minimum atomic E-state index is -3.13. The number of hydrogen-bond acceptors (Lipinski definition) is 4. The van der Waals surface area contributed by atoms with Gasteiger partial charge in [0.05, 0.1) is 19.0 Å². The van der Waals surface area contributed by atoms with Crippen molar-refractivity contribution < 1.29 is 13.2 Å². The van der Waals surface area contributed by atoms with Gasteiger partial charge in [-0.15, -0.1) is 0 Å². The first-order valence-corrected chi connectivity index (χ1v) is 8.52. The Morgan fingerprint density at radius 1 is 1.44 bits per heavy atom. The number of morpholine rings is 1. The van der Waals surface area contributed by atoms with Gasteiger partial charge in [-0.25, -0.2) is 8.42 Å². The van der Waals surface area contributed by atoms with Gasteiger partial charge in [-0.2, -0.15) is 4.31 Å². The van der Waals surface area contributed by atoms with Crippen LogP contribution in [0.5, 0.6) is 0 Å². The van der Waals surface area contributed by atoms with E-state index in [1.54, 1.807) is 4.31 Å². The molecule has 6 heteroatoms. The number of rotatable bonds is 4. The van der Waals surface area contributed by atoms with Crippen molar-refractivity contribution in [3.05, 3.63) is 0 Å². The van der Waals surface area contributed by atoms with E-state index in [2.05, 4.69) is 5.32 Å². The van der Waals surface area contributed by atoms with Crippen molar-refractivity contribution in [3.8, 4) is 0 Å². The van der Waals surface area contributed by atoms with E-state index >= 15 is 0 Å². The van der Waals surface area contributed by atoms with E-state index in [1.165, 1.54) is 0 Å². The molecule has 0 aromatic heterocycles. The predicted molar refractivity (Wildman–Crippen MR) is 71.0 cm³/mol. The summed E-state index contributed by atoms with van der Waals surface area (Å²) in [5, 5.41) is 3.28. The molecule has 0 aromatic rings. The average Bonchev–Trinajstić information content (AvgIpc) is 2.39. The zero-order valence-corrected chi connectivity index (χ0v) is 11.9. The van der Waals surface area contributed by atoms with Crippen molar-refractivity contribution >= 4 is 10.0 Å². The van der Waals surface area contributed by atoms with E-state index in [-0.39, 0.29) is 17.7 Å². The summed E-state index contributed by atoms with van der Waals surface area (Å²) >= 11 is 0. The molecule has 2 fully saturated rings. The maximum atomic E-state index is 12.5.